The van der Waals surface area contributed by atoms with Crippen LogP contribution in [0.1, 0.15) is 58.9 Å². The number of esters is 2. The lowest BCUT2D eigenvalue weighted by atomic mass is 10.0. The number of amides is 2. The number of methoxy groups -OCH3 is 1. The van der Waals surface area contributed by atoms with Gasteiger partial charge in [-0.3, -0.25) is 4.79 Å². The summed E-state index contributed by atoms with van der Waals surface area (Å²) in [6.07, 6.45) is -0.0657. The molecule has 0 atom stereocenters. The van der Waals surface area contributed by atoms with E-state index in [9.17, 15) is 19.2 Å². The second-order valence-electron chi connectivity index (χ2n) is 9.16. The molecule has 0 saturated carbocycles. The number of hydrogen-bond acceptors (Lipinski definition) is 10. The van der Waals surface area contributed by atoms with Gasteiger partial charge in [0.2, 0.25) is 0 Å². The first-order valence-corrected chi connectivity index (χ1v) is 12.4. The third kappa shape index (κ3) is 6.91. The van der Waals surface area contributed by atoms with Gasteiger partial charge in [-0.15, -0.1) is 11.3 Å². The van der Waals surface area contributed by atoms with E-state index in [4.69, 9.17) is 24.7 Å². The molecule has 2 aromatic rings. The first-order valence-electron chi connectivity index (χ1n) is 11.6. The average molecular weight is 534 g/mol. The molecule has 1 aromatic carbocycles. The van der Waals surface area contributed by atoms with E-state index in [0.29, 0.717) is 24.3 Å². The van der Waals surface area contributed by atoms with Crippen LogP contribution in [-0.4, -0.2) is 61.3 Å². The first-order chi connectivity index (χ1) is 17.4. The number of thiophene rings is 1. The van der Waals surface area contributed by atoms with Crippen LogP contribution in [-0.2, 0) is 32.0 Å². The van der Waals surface area contributed by atoms with Crippen LogP contribution >= 0.6 is 11.3 Å². The summed E-state index contributed by atoms with van der Waals surface area (Å²) in [5, 5.41) is 2.92. The summed E-state index contributed by atoms with van der Waals surface area (Å²) in [6, 6.07) is 4.38. The van der Waals surface area contributed by atoms with E-state index < -0.39 is 36.1 Å². The van der Waals surface area contributed by atoms with E-state index >= 15 is 0 Å². The highest BCUT2D eigenvalue weighted by Gasteiger charge is 2.32. The van der Waals surface area contributed by atoms with Crippen molar-refractivity contribution < 1.29 is 38.1 Å². The maximum absolute atomic E-state index is 12.7. The van der Waals surface area contributed by atoms with Crippen molar-refractivity contribution in [2.75, 3.05) is 37.9 Å². The van der Waals surface area contributed by atoms with Crippen molar-refractivity contribution in [3.8, 4) is 5.75 Å². The third-order valence-electron chi connectivity index (χ3n) is 5.24. The Morgan fingerprint density at radius 1 is 1.14 bits per heavy atom. The molecule has 0 aliphatic carbocycles. The van der Waals surface area contributed by atoms with Crippen LogP contribution in [0.3, 0.4) is 0 Å². The molecule has 0 spiro atoms. The number of nitrogen functional groups attached to an aromatic ring is 1. The van der Waals surface area contributed by atoms with Gasteiger partial charge in [-0.05, 0) is 57.9 Å². The van der Waals surface area contributed by atoms with Gasteiger partial charge in [-0.2, -0.15) is 0 Å². The lowest BCUT2D eigenvalue weighted by molar-refractivity contribution is -0.119. The van der Waals surface area contributed by atoms with Crippen LogP contribution < -0.4 is 15.8 Å². The number of carbonyl (C=O) groups is 4. The second kappa shape index (κ2) is 11.5. The number of hydrogen-bond donors (Lipinski definition) is 2. The van der Waals surface area contributed by atoms with E-state index in [1.807, 2.05) is 0 Å². The zero-order chi connectivity index (χ0) is 27.3. The third-order valence-corrected chi connectivity index (χ3v) is 6.37. The molecule has 0 unspecified atom stereocenters. The zero-order valence-electron chi connectivity index (χ0n) is 21.5. The van der Waals surface area contributed by atoms with Gasteiger partial charge in [-0.1, -0.05) is 0 Å². The minimum absolute atomic E-state index is 0.156. The number of nitrogens with two attached hydrogens (primary N) is 1. The van der Waals surface area contributed by atoms with Crippen LogP contribution in [0.4, 0.5) is 15.5 Å². The molecule has 2 amide bonds. The molecular weight excluding hydrogens is 502 g/mol. The Morgan fingerprint density at radius 2 is 1.86 bits per heavy atom. The van der Waals surface area contributed by atoms with Crippen molar-refractivity contribution in [3.05, 3.63) is 39.8 Å². The number of rotatable bonds is 7. The maximum atomic E-state index is 12.7. The average Bonchev–Trinajstić information content (AvgIpc) is 3.18. The molecule has 0 bridgehead atoms. The summed E-state index contributed by atoms with van der Waals surface area (Å²) >= 11 is 1.17. The normalized spacial score (nSPS) is 12.8. The largest absolute Gasteiger partial charge is 0.495 e. The highest BCUT2D eigenvalue weighted by atomic mass is 32.1. The Balaban J connectivity index is 1.73. The zero-order valence-corrected chi connectivity index (χ0v) is 22.3. The van der Waals surface area contributed by atoms with Gasteiger partial charge in [0.15, 0.2) is 6.61 Å². The predicted molar refractivity (Wildman–Crippen MR) is 137 cm³/mol. The minimum atomic E-state index is -0.742. The van der Waals surface area contributed by atoms with Gasteiger partial charge in [0.25, 0.3) is 5.91 Å². The summed E-state index contributed by atoms with van der Waals surface area (Å²) in [6.45, 7) is 7.19. The number of benzene rings is 1. The molecule has 0 saturated heterocycles. The molecule has 1 aromatic heterocycles. The van der Waals surface area contributed by atoms with E-state index in [1.54, 1.807) is 32.6 Å². The topological polar surface area (TPSA) is 146 Å². The van der Waals surface area contributed by atoms with Gasteiger partial charge in [0, 0.05) is 11.4 Å². The molecule has 37 heavy (non-hydrogen) atoms. The van der Waals surface area contributed by atoms with E-state index in [-0.39, 0.29) is 35.0 Å². The Hall–Kier alpha value is -3.80. The quantitative estimate of drug-likeness (QED) is 0.309. The Kier molecular flexibility index (Phi) is 8.64. The van der Waals surface area contributed by atoms with Gasteiger partial charge in [0.1, 0.15) is 16.4 Å². The fourth-order valence-corrected chi connectivity index (χ4v) is 4.90. The molecule has 200 valence electrons. The number of nitrogens with zero attached hydrogens (tertiary/aromatic N) is 1. The maximum Gasteiger partial charge on any atom is 0.410 e. The smallest absolute Gasteiger partial charge is 0.410 e. The molecule has 3 rings (SSSR count). The molecular formula is C25H31N3O8S. The highest BCUT2D eigenvalue weighted by Crippen LogP contribution is 2.38. The number of fused-ring (bicyclic) bond motifs is 1. The first kappa shape index (κ1) is 27.8. The fraction of sp³-hybridized carbons (Fsp3) is 0.440. The van der Waals surface area contributed by atoms with Crippen LogP contribution in [0.5, 0.6) is 5.75 Å². The summed E-state index contributed by atoms with van der Waals surface area (Å²) in [5.74, 6) is -1.55. The van der Waals surface area contributed by atoms with Crippen molar-refractivity contribution in [3.63, 3.8) is 0 Å². The monoisotopic (exact) mass is 533 g/mol. The van der Waals surface area contributed by atoms with Crippen LogP contribution in [0.25, 0.3) is 0 Å². The fourth-order valence-electron chi connectivity index (χ4n) is 3.63. The minimum Gasteiger partial charge on any atom is -0.495 e. The lowest BCUT2D eigenvalue weighted by Crippen LogP contribution is -2.39. The number of anilines is 2. The second-order valence-corrected chi connectivity index (χ2v) is 10.3. The molecule has 12 heteroatoms. The van der Waals surface area contributed by atoms with Gasteiger partial charge < -0.3 is 34.9 Å². The molecule has 1 aliphatic heterocycles. The van der Waals surface area contributed by atoms with Gasteiger partial charge in [0.05, 0.1) is 37.1 Å². The van der Waals surface area contributed by atoms with E-state index in [1.165, 1.54) is 36.6 Å². The van der Waals surface area contributed by atoms with Gasteiger partial charge >= 0.3 is 18.0 Å². The SMILES string of the molecule is CCOC(=O)c1c(NC(=O)COC(=O)c2ccc(OC)c(N)c2)sc2c1CCN(C(=O)OC(C)(C)C)C2. The number of carbonyl (C=O) groups excluding carboxylic acids is 4. The van der Waals surface area contributed by atoms with Crippen LogP contribution in [0, 0.1) is 0 Å². The van der Waals surface area contributed by atoms with Crippen LogP contribution in [0.2, 0.25) is 0 Å². The Labute approximate surface area is 218 Å². The lowest BCUT2D eigenvalue weighted by Gasteiger charge is -2.30. The Bertz CT molecular complexity index is 1200. The van der Waals surface area contributed by atoms with E-state index in [2.05, 4.69) is 5.32 Å². The standard InChI is InChI=1S/C25H31N3O8S/c1-6-34-23(31)20-15-9-10-28(24(32)36-25(2,3)4)12-18(15)37-21(20)27-19(29)13-35-22(30)14-7-8-17(33-5)16(26)11-14/h7-8,11H,6,9-10,12-13,26H2,1-5H3,(H,27,29). The summed E-state index contributed by atoms with van der Waals surface area (Å²) in [7, 11) is 1.45. The molecule has 3 N–H and O–H groups in total. The molecule has 2 heterocycles. The molecule has 11 nitrogen and oxygen atoms in total. The van der Waals surface area contributed by atoms with E-state index in [0.717, 1.165) is 4.88 Å². The van der Waals surface area contributed by atoms with Gasteiger partial charge in [-0.25, -0.2) is 14.4 Å². The van der Waals surface area contributed by atoms with Crippen molar-refractivity contribution in [2.45, 2.75) is 46.3 Å². The highest BCUT2D eigenvalue weighted by molar-refractivity contribution is 7.17. The Morgan fingerprint density at radius 3 is 2.49 bits per heavy atom. The summed E-state index contributed by atoms with van der Waals surface area (Å²) in [5.41, 5.74) is 6.55. The number of nitrogens with one attached hydrogen (secondary N) is 1. The summed E-state index contributed by atoms with van der Waals surface area (Å²) < 4.78 is 20.8. The van der Waals surface area contributed by atoms with Crippen molar-refractivity contribution in [1.82, 2.24) is 4.90 Å². The van der Waals surface area contributed by atoms with Crippen molar-refractivity contribution in [2.24, 2.45) is 0 Å². The predicted octanol–water partition coefficient (Wildman–Crippen LogP) is 3.60. The van der Waals surface area contributed by atoms with Crippen molar-refractivity contribution in [1.29, 1.82) is 0 Å². The number of ether oxygens (including phenoxy) is 4. The molecule has 1 aliphatic rings. The van der Waals surface area contributed by atoms with Crippen LogP contribution in [0.15, 0.2) is 18.2 Å². The summed E-state index contributed by atoms with van der Waals surface area (Å²) in [4.78, 5) is 52.5. The molecule has 0 radical (unpaired) electrons. The van der Waals surface area contributed by atoms with Crippen molar-refractivity contribution >= 4 is 46.0 Å². The molecule has 0 fully saturated rings.